The van der Waals surface area contributed by atoms with E-state index >= 15 is 0 Å². The number of H-pyrrole nitrogens is 1. The van der Waals surface area contributed by atoms with Crippen LogP contribution in [0.3, 0.4) is 0 Å². The maximum atomic E-state index is 12.2. The average Bonchev–Trinajstić information content (AvgIpc) is 2.98. The highest BCUT2D eigenvalue weighted by Crippen LogP contribution is 2.22. The highest BCUT2D eigenvalue weighted by molar-refractivity contribution is 6.08. The smallest absolute Gasteiger partial charge is 0.309 e. The molecule has 0 saturated carbocycles. The lowest BCUT2D eigenvalue weighted by atomic mass is 10.2. The standard InChI is InChI=1S/C14H10N6O/c15-20-19-13-5-4-9(8-17-13)14(21)18-12-3-1-2-11-10(12)6-7-16-11/h1-8,15H,(H,17,19,21)/p+1. The van der Waals surface area contributed by atoms with Crippen molar-refractivity contribution in [2.24, 2.45) is 0 Å². The molecule has 0 spiro atoms. The Morgan fingerprint density at radius 1 is 1.24 bits per heavy atom. The van der Waals surface area contributed by atoms with E-state index in [1.165, 1.54) is 6.20 Å². The number of nitrogens with zero attached hydrogens (tertiary/aromatic N) is 3. The second kappa shape index (κ2) is 5.30. The average molecular weight is 279 g/mol. The van der Waals surface area contributed by atoms with E-state index < -0.39 is 0 Å². The second-order valence-electron chi connectivity index (χ2n) is 4.34. The monoisotopic (exact) mass is 279 g/mol. The van der Waals surface area contributed by atoms with Crippen LogP contribution in [0.5, 0.6) is 0 Å². The first-order valence-electron chi connectivity index (χ1n) is 6.21. The Kier molecular flexibility index (Phi) is 3.19. The highest BCUT2D eigenvalue weighted by atomic mass is 16.1. The number of aromatic nitrogens is 2. The summed E-state index contributed by atoms with van der Waals surface area (Å²) in [5, 5.41) is 14.9. The first-order chi connectivity index (χ1) is 10.3. The summed E-state index contributed by atoms with van der Waals surface area (Å²) in [4.78, 5) is 19.2. The summed E-state index contributed by atoms with van der Waals surface area (Å²) in [5.74, 6) is 0.0884. The molecule has 0 radical (unpaired) electrons. The van der Waals surface area contributed by atoms with Crippen LogP contribution >= 0.6 is 0 Å². The summed E-state index contributed by atoms with van der Waals surface area (Å²) >= 11 is 0. The van der Waals surface area contributed by atoms with Gasteiger partial charge in [-0.2, -0.15) is 0 Å². The Balaban J connectivity index is 1.83. The molecule has 0 bridgehead atoms. The minimum Gasteiger partial charge on any atom is -0.361 e. The van der Waals surface area contributed by atoms with Gasteiger partial charge in [0.1, 0.15) is 0 Å². The third kappa shape index (κ3) is 2.50. The molecule has 1 aromatic carbocycles. The predicted molar refractivity (Wildman–Crippen MR) is 79.2 cm³/mol. The van der Waals surface area contributed by atoms with E-state index in [9.17, 15) is 4.79 Å². The zero-order chi connectivity index (χ0) is 14.7. The molecular formula is C14H11N6O+. The van der Waals surface area contributed by atoms with Crippen LogP contribution in [-0.2, 0) is 0 Å². The summed E-state index contributed by atoms with van der Waals surface area (Å²) in [6.45, 7) is 0. The van der Waals surface area contributed by atoms with Gasteiger partial charge in [0.15, 0.2) is 0 Å². The number of fused-ring (bicyclic) bond motifs is 1. The van der Waals surface area contributed by atoms with E-state index in [1.807, 2.05) is 30.5 Å². The lowest BCUT2D eigenvalue weighted by Gasteiger charge is -2.06. The number of pyridine rings is 1. The summed E-state index contributed by atoms with van der Waals surface area (Å²) < 4.78 is 0. The van der Waals surface area contributed by atoms with Gasteiger partial charge in [0, 0.05) is 28.7 Å². The van der Waals surface area contributed by atoms with Gasteiger partial charge in [0.05, 0.1) is 11.3 Å². The van der Waals surface area contributed by atoms with Crippen molar-refractivity contribution in [2.45, 2.75) is 0 Å². The van der Waals surface area contributed by atoms with E-state index in [2.05, 4.69) is 25.8 Å². The van der Waals surface area contributed by atoms with Gasteiger partial charge in [-0.25, -0.2) is 4.98 Å². The molecule has 7 nitrogen and oxygen atoms in total. The Labute approximate surface area is 119 Å². The normalized spacial score (nSPS) is 10.0. The van der Waals surface area contributed by atoms with Crippen molar-refractivity contribution in [2.75, 3.05) is 10.7 Å². The molecular weight excluding hydrogens is 268 g/mol. The van der Waals surface area contributed by atoms with Gasteiger partial charge in [-0.05, 0) is 30.3 Å². The lowest BCUT2D eigenvalue weighted by Crippen LogP contribution is -2.12. The fourth-order valence-electron chi connectivity index (χ4n) is 2.03. The molecule has 102 valence electrons. The number of anilines is 2. The molecule has 0 aliphatic rings. The van der Waals surface area contributed by atoms with Crippen LogP contribution in [0.1, 0.15) is 10.4 Å². The largest absolute Gasteiger partial charge is 0.361 e. The molecule has 1 amide bonds. The van der Waals surface area contributed by atoms with Crippen molar-refractivity contribution in [3.8, 4) is 0 Å². The number of amides is 1. The molecule has 3 rings (SSSR count). The summed E-state index contributed by atoms with van der Waals surface area (Å²) in [6.07, 6.45) is 3.22. The third-order valence-electron chi connectivity index (χ3n) is 3.03. The van der Waals surface area contributed by atoms with Crippen LogP contribution in [0.25, 0.3) is 16.0 Å². The van der Waals surface area contributed by atoms with Crippen LogP contribution in [0.2, 0.25) is 0 Å². The van der Waals surface area contributed by atoms with Crippen LogP contribution < -0.4 is 10.7 Å². The number of aromatic amines is 1. The number of rotatable bonds is 3. The van der Waals surface area contributed by atoms with Gasteiger partial charge in [-0.1, -0.05) is 6.07 Å². The fourth-order valence-corrected chi connectivity index (χ4v) is 2.03. The van der Waals surface area contributed by atoms with E-state index in [-0.39, 0.29) is 5.91 Å². The predicted octanol–water partition coefficient (Wildman–Crippen LogP) is 3.00. The maximum Gasteiger partial charge on any atom is 0.309 e. The van der Waals surface area contributed by atoms with E-state index in [4.69, 9.17) is 5.39 Å². The summed E-state index contributed by atoms with van der Waals surface area (Å²) in [7, 11) is 0. The van der Waals surface area contributed by atoms with Crippen LogP contribution in [-0.4, -0.2) is 15.9 Å². The summed E-state index contributed by atoms with van der Waals surface area (Å²) in [6, 6.07) is 10.7. The van der Waals surface area contributed by atoms with Gasteiger partial charge in [0.2, 0.25) is 5.82 Å². The van der Waals surface area contributed by atoms with Crippen LogP contribution in [0.4, 0.5) is 11.5 Å². The van der Waals surface area contributed by atoms with Crippen molar-refractivity contribution < 1.29 is 4.79 Å². The molecule has 0 fully saturated rings. The second-order valence-corrected chi connectivity index (χ2v) is 4.34. The molecule has 2 aromatic heterocycles. The van der Waals surface area contributed by atoms with Crippen molar-refractivity contribution in [1.82, 2.24) is 9.97 Å². The minimum atomic E-state index is -0.260. The molecule has 0 aliphatic carbocycles. The van der Waals surface area contributed by atoms with E-state index in [0.717, 1.165) is 16.6 Å². The zero-order valence-corrected chi connectivity index (χ0v) is 10.9. The van der Waals surface area contributed by atoms with Crippen LogP contribution in [0.15, 0.2) is 48.8 Å². The first-order valence-corrected chi connectivity index (χ1v) is 6.21. The Morgan fingerprint density at radius 2 is 2.14 bits per heavy atom. The fraction of sp³-hybridized carbons (Fsp3) is 0. The Hall–Kier alpha value is -3.40. The lowest BCUT2D eigenvalue weighted by molar-refractivity contribution is 0.102. The van der Waals surface area contributed by atoms with E-state index in [0.29, 0.717) is 11.4 Å². The molecule has 7 heteroatoms. The number of nitrogens with one attached hydrogen (secondary N) is 3. The number of hydrogen-bond acceptors (Lipinski definition) is 4. The van der Waals surface area contributed by atoms with Gasteiger partial charge >= 0.3 is 5.08 Å². The van der Waals surface area contributed by atoms with Gasteiger partial charge in [-0.3, -0.25) is 4.79 Å². The van der Waals surface area contributed by atoms with E-state index in [1.54, 1.807) is 12.1 Å². The Bertz CT molecular complexity index is 831. The molecule has 2 heterocycles. The number of diazo groups is 1. The quantitative estimate of drug-likeness (QED) is 0.507. The van der Waals surface area contributed by atoms with Gasteiger partial charge in [0.25, 0.3) is 11.3 Å². The Morgan fingerprint density at radius 3 is 2.90 bits per heavy atom. The minimum absolute atomic E-state index is 0.260. The molecule has 0 aliphatic heterocycles. The molecule has 21 heavy (non-hydrogen) atoms. The first kappa shape index (κ1) is 12.6. The van der Waals surface area contributed by atoms with Crippen molar-refractivity contribution in [1.29, 1.82) is 5.39 Å². The highest BCUT2D eigenvalue weighted by Gasteiger charge is 2.10. The third-order valence-corrected chi connectivity index (χ3v) is 3.03. The van der Waals surface area contributed by atoms with Crippen molar-refractivity contribution >= 4 is 28.3 Å². The van der Waals surface area contributed by atoms with Crippen LogP contribution in [0, 0.1) is 5.39 Å². The van der Waals surface area contributed by atoms with Gasteiger partial charge < -0.3 is 10.3 Å². The molecule has 3 N–H and O–H groups in total. The van der Waals surface area contributed by atoms with Crippen molar-refractivity contribution in [3.63, 3.8) is 0 Å². The summed E-state index contributed by atoms with van der Waals surface area (Å²) in [5.41, 5.74) is 4.37. The SMILES string of the molecule is N#[N+]Nc1ccc(C(=O)Nc2cccc3[nH]ccc23)cn1. The van der Waals surface area contributed by atoms with Crippen molar-refractivity contribution in [3.05, 3.63) is 59.4 Å². The number of carbonyl (C=O) groups excluding carboxylic acids is 1. The maximum absolute atomic E-state index is 12.2. The molecule has 3 aromatic rings. The molecule has 0 saturated heterocycles. The number of carbonyl (C=O) groups is 1. The number of hydrogen-bond donors (Lipinski definition) is 3. The zero-order valence-electron chi connectivity index (χ0n) is 10.9. The molecule has 0 unspecified atom stereocenters. The number of benzene rings is 1. The van der Waals surface area contributed by atoms with Gasteiger partial charge in [-0.15, -0.1) is 0 Å². The topological polar surface area (TPSA) is 98.0 Å². The molecule has 0 atom stereocenters.